The first-order valence-corrected chi connectivity index (χ1v) is 18.1. The van der Waals surface area contributed by atoms with Gasteiger partial charge >= 0.3 is 0 Å². The zero-order valence-electron chi connectivity index (χ0n) is 28.8. The quantitative estimate of drug-likeness (QED) is 0.169. The largest absolute Gasteiger partial charge is 0.456 e. The van der Waals surface area contributed by atoms with Crippen LogP contribution in [0.3, 0.4) is 0 Å². The second-order valence-electron chi connectivity index (χ2n) is 13.7. The van der Waals surface area contributed by atoms with Crippen LogP contribution >= 0.6 is 0 Å². The Balaban J connectivity index is 1.21. The molecule has 2 heterocycles. The summed E-state index contributed by atoms with van der Waals surface area (Å²) >= 11 is 0. The van der Waals surface area contributed by atoms with Crippen molar-refractivity contribution < 1.29 is 4.42 Å². The molecule has 11 aromatic rings. The van der Waals surface area contributed by atoms with Crippen molar-refractivity contribution in [1.82, 2.24) is 4.57 Å². The molecule has 0 bridgehead atoms. The third kappa shape index (κ3) is 4.68. The zero-order valence-corrected chi connectivity index (χ0v) is 28.8. The maximum Gasteiger partial charge on any atom is 0.135 e. The van der Waals surface area contributed by atoms with E-state index in [1.807, 2.05) is 12.1 Å². The van der Waals surface area contributed by atoms with Gasteiger partial charge in [0.1, 0.15) is 11.2 Å². The SMILES string of the molecule is c1ccc(-c2cccc(-n3c4ccccc4c4ccc(N(c5ccc6oc7ccccc7c6c5)c5cc6ccccc6c6ccccc56)cc43)c2)cc1. The van der Waals surface area contributed by atoms with Crippen molar-refractivity contribution >= 4 is 82.4 Å². The van der Waals surface area contributed by atoms with E-state index < -0.39 is 0 Å². The van der Waals surface area contributed by atoms with Crippen LogP contribution in [-0.4, -0.2) is 4.57 Å². The number of benzene rings is 9. The van der Waals surface area contributed by atoms with Crippen LogP contribution in [-0.2, 0) is 0 Å². The van der Waals surface area contributed by atoms with Crippen LogP contribution in [0.25, 0.3) is 82.1 Å². The molecular formula is C50H32N2O. The number of hydrogen-bond donors (Lipinski definition) is 0. The molecule has 0 atom stereocenters. The Kier molecular flexibility index (Phi) is 6.55. The van der Waals surface area contributed by atoms with Gasteiger partial charge < -0.3 is 13.9 Å². The van der Waals surface area contributed by atoms with Crippen LogP contribution in [0.5, 0.6) is 0 Å². The Hall–Kier alpha value is -7.10. The number of anilines is 3. The van der Waals surface area contributed by atoms with Crippen molar-refractivity contribution in [3.05, 3.63) is 194 Å². The standard InChI is InChI=1S/C50H32N2O/c1-2-13-33(14-3-1)34-16-12-17-36(29-34)52-46-23-10-8-21-42(46)43-27-25-38(32-48(43)52)51(37-26-28-50-45(31-37)44-22-9-11-24-49(44)53-50)47-30-35-15-4-5-18-39(35)40-19-6-7-20-41(40)47/h1-32H. The summed E-state index contributed by atoms with van der Waals surface area (Å²) in [4.78, 5) is 2.43. The number of nitrogens with zero attached hydrogens (tertiary/aromatic N) is 2. The number of furan rings is 1. The Morgan fingerprint density at radius 3 is 1.89 bits per heavy atom. The molecule has 0 amide bonds. The average molecular weight is 677 g/mol. The van der Waals surface area contributed by atoms with Gasteiger partial charge in [0.05, 0.1) is 16.7 Å². The van der Waals surface area contributed by atoms with Crippen LogP contribution in [0.15, 0.2) is 199 Å². The minimum absolute atomic E-state index is 0.882. The van der Waals surface area contributed by atoms with E-state index in [9.17, 15) is 0 Å². The molecule has 248 valence electrons. The summed E-state index contributed by atoms with van der Waals surface area (Å²) in [5, 5.41) is 9.53. The molecule has 0 spiro atoms. The number of hydrogen-bond acceptors (Lipinski definition) is 2. The molecule has 3 nitrogen and oxygen atoms in total. The highest BCUT2D eigenvalue weighted by atomic mass is 16.3. The van der Waals surface area contributed by atoms with Crippen LogP contribution in [0.1, 0.15) is 0 Å². The fourth-order valence-electron chi connectivity index (χ4n) is 8.33. The fourth-order valence-corrected chi connectivity index (χ4v) is 8.33. The Morgan fingerprint density at radius 1 is 0.358 bits per heavy atom. The van der Waals surface area contributed by atoms with Gasteiger partial charge in [-0.25, -0.2) is 0 Å². The molecule has 11 rings (SSSR count). The molecule has 3 heteroatoms. The molecule has 9 aromatic carbocycles. The predicted octanol–water partition coefficient (Wildman–Crippen LogP) is 14.1. The van der Waals surface area contributed by atoms with Gasteiger partial charge in [-0.2, -0.15) is 0 Å². The van der Waals surface area contributed by atoms with E-state index in [1.165, 1.54) is 49.0 Å². The van der Waals surface area contributed by atoms with Gasteiger partial charge in [-0.05, 0) is 87.9 Å². The molecule has 0 aliphatic heterocycles. The molecule has 0 radical (unpaired) electrons. The van der Waals surface area contributed by atoms with Crippen molar-refractivity contribution in [2.24, 2.45) is 0 Å². The first-order chi connectivity index (χ1) is 26.3. The fraction of sp³-hybridized carbons (Fsp3) is 0. The van der Waals surface area contributed by atoms with Crippen LogP contribution < -0.4 is 4.90 Å². The highest BCUT2D eigenvalue weighted by molar-refractivity contribution is 6.16. The summed E-state index contributed by atoms with van der Waals surface area (Å²) in [7, 11) is 0. The van der Waals surface area contributed by atoms with Gasteiger partial charge in [0.2, 0.25) is 0 Å². The lowest BCUT2D eigenvalue weighted by Gasteiger charge is -2.28. The number of para-hydroxylation sites is 2. The summed E-state index contributed by atoms with van der Waals surface area (Å²) in [5.74, 6) is 0. The molecule has 53 heavy (non-hydrogen) atoms. The minimum atomic E-state index is 0.882. The van der Waals surface area contributed by atoms with Crippen LogP contribution in [0, 0.1) is 0 Å². The predicted molar refractivity (Wildman–Crippen MR) is 223 cm³/mol. The number of aromatic nitrogens is 1. The van der Waals surface area contributed by atoms with Crippen molar-refractivity contribution in [1.29, 1.82) is 0 Å². The summed E-state index contributed by atoms with van der Waals surface area (Å²) < 4.78 is 8.72. The van der Waals surface area contributed by atoms with Gasteiger partial charge in [-0.15, -0.1) is 0 Å². The average Bonchev–Trinajstić information content (AvgIpc) is 3.76. The van der Waals surface area contributed by atoms with Crippen molar-refractivity contribution in [2.75, 3.05) is 4.90 Å². The van der Waals surface area contributed by atoms with Gasteiger partial charge in [0, 0.05) is 44.0 Å². The summed E-state index contributed by atoms with van der Waals surface area (Å²) in [6.07, 6.45) is 0. The molecule has 2 aromatic heterocycles. The van der Waals surface area contributed by atoms with Gasteiger partial charge in [0.15, 0.2) is 0 Å². The highest BCUT2D eigenvalue weighted by Gasteiger charge is 2.21. The molecule has 0 unspecified atom stereocenters. The Morgan fingerprint density at radius 2 is 1.00 bits per heavy atom. The molecule has 0 aliphatic carbocycles. The molecular weight excluding hydrogens is 645 g/mol. The first-order valence-electron chi connectivity index (χ1n) is 18.1. The van der Waals surface area contributed by atoms with E-state index in [4.69, 9.17) is 4.42 Å². The number of rotatable bonds is 5. The lowest BCUT2D eigenvalue weighted by Crippen LogP contribution is -2.11. The Labute approximate surface area is 306 Å². The monoisotopic (exact) mass is 676 g/mol. The summed E-state index contributed by atoms with van der Waals surface area (Å²) in [6, 6.07) is 69.9. The van der Waals surface area contributed by atoms with Crippen molar-refractivity contribution in [3.8, 4) is 16.8 Å². The smallest absolute Gasteiger partial charge is 0.135 e. The van der Waals surface area contributed by atoms with Gasteiger partial charge in [0.25, 0.3) is 0 Å². The second-order valence-corrected chi connectivity index (χ2v) is 13.7. The molecule has 0 saturated heterocycles. The van der Waals surface area contributed by atoms with Crippen molar-refractivity contribution in [3.63, 3.8) is 0 Å². The van der Waals surface area contributed by atoms with E-state index in [0.29, 0.717) is 0 Å². The first kappa shape index (κ1) is 29.6. The molecule has 0 N–H and O–H groups in total. The van der Waals surface area contributed by atoms with Crippen LogP contribution in [0.2, 0.25) is 0 Å². The van der Waals surface area contributed by atoms with E-state index in [0.717, 1.165) is 50.2 Å². The highest BCUT2D eigenvalue weighted by Crippen LogP contribution is 2.45. The zero-order chi connectivity index (χ0) is 34.9. The third-order valence-electron chi connectivity index (χ3n) is 10.7. The summed E-state index contributed by atoms with van der Waals surface area (Å²) in [5.41, 5.74) is 10.9. The maximum absolute atomic E-state index is 6.30. The number of fused-ring (bicyclic) bond motifs is 9. The van der Waals surface area contributed by atoms with Gasteiger partial charge in [-0.3, -0.25) is 0 Å². The molecule has 0 aliphatic rings. The normalized spacial score (nSPS) is 11.8. The van der Waals surface area contributed by atoms with E-state index >= 15 is 0 Å². The maximum atomic E-state index is 6.30. The lowest BCUT2D eigenvalue weighted by atomic mass is 9.98. The van der Waals surface area contributed by atoms with E-state index in [-0.39, 0.29) is 0 Å². The third-order valence-corrected chi connectivity index (χ3v) is 10.7. The molecule has 0 saturated carbocycles. The summed E-state index contributed by atoms with van der Waals surface area (Å²) in [6.45, 7) is 0. The van der Waals surface area contributed by atoms with Gasteiger partial charge in [-0.1, -0.05) is 133 Å². The lowest BCUT2D eigenvalue weighted by molar-refractivity contribution is 0.669. The van der Waals surface area contributed by atoms with E-state index in [2.05, 4.69) is 191 Å². The molecule has 0 fully saturated rings. The van der Waals surface area contributed by atoms with Crippen LogP contribution in [0.4, 0.5) is 17.1 Å². The second kappa shape index (κ2) is 11.7. The Bertz CT molecular complexity index is 3190. The minimum Gasteiger partial charge on any atom is -0.456 e. The topological polar surface area (TPSA) is 21.3 Å². The van der Waals surface area contributed by atoms with Crippen molar-refractivity contribution in [2.45, 2.75) is 0 Å². The van der Waals surface area contributed by atoms with E-state index in [1.54, 1.807) is 0 Å².